The van der Waals surface area contributed by atoms with Crippen LogP contribution in [0.5, 0.6) is 0 Å². The number of rotatable bonds is 0. The summed E-state index contributed by atoms with van der Waals surface area (Å²) in [6.07, 6.45) is 0. The molecule has 0 atom stereocenters. The Morgan fingerprint density at radius 2 is 1.00 bits per heavy atom. The van der Waals surface area contributed by atoms with Crippen LogP contribution in [0.1, 0.15) is 0 Å². The van der Waals surface area contributed by atoms with E-state index in [0.717, 1.165) is 0 Å². The molecule has 6 N–H and O–H groups in total. The molecule has 0 aromatic heterocycles. The maximum atomic E-state index is 8.74. The second-order valence-electron chi connectivity index (χ2n) is 0.448. The molecule has 0 saturated carbocycles. The molecule has 0 aliphatic carbocycles. The first-order chi connectivity index (χ1) is 2.00. The van der Waals surface area contributed by atoms with Crippen LogP contribution in [0.3, 0.4) is 0 Å². The average molecular weight is 335 g/mol. The van der Waals surface area contributed by atoms with Crippen molar-refractivity contribution in [1.29, 1.82) is 0 Å². The SMILES string of the molecule is O.O.O=S(=O)(O)O.[Hg]. The molecular formula is H6HgO6S. The molecule has 6 nitrogen and oxygen atoms in total. The topological polar surface area (TPSA) is 138 Å². The van der Waals surface area contributed by atoms with Gasteiger partial charge in [-0.05, 0) is 0 Å². The third-order valence-electron chi connectivity index (χ3n) is 0. The molecule has 0 rings (SSSR count). The van der Waals surface area contributed by atoms with Crippen molar-refractivity contribution in [3.63, 3.8) is 0 Å². The summed E-state index contributed by atoms with van der Waals surface area (Å²) in [5.74, 6) is 0. The average Bonchev–Trinajstić information content (AvgIpc) is 0.722. The maximum absolute atomic E-state index is 8.74. The van der Waals surface area contributed by atoms with E-state index in [1.54, 1.807) is 0 Å². The minimum atomic E-state index is -4.67. The molecule has 0 unspecified atom stereocenters. The molecule has 0 saturated heterocycles. The summed E-state index contributed by atoms with van der Waals surface area (Å²) in [5.41, 5.74) is 0. The largest absolute Gasteiger partial charge is 0.412 e. The van der Waals surface area contributed by atoms with Gasteiger partial charge in [-0.25, -0.2) is 0 Å². The van der Waals surface area contributed by atoms with Gasteiger partial charge in [-0.3, -0.25) is 9.11 Å². The number of hydrogen-bond acceptors (Lipinski definition) is 2. The second-order valence-corrected chi connectivity index (χ2v) is 1.34. The number of hydrogen-bond donors (Lipinski definition) is 2. The zero-order chi connectivity index (χ0) is 4.50. The van der Waals surface area contributed by atoms with Crippen molar-refractivity contribution in [2.45, 2.75) is 0 Å². The van der Waals surface area contributed by atoms with E-state index in [1.807, 2.05) is 0 Å². The molecule has 0 aliphatic rings. The van der Waals surface area contributed by atoms with E-state index < -0.39 is 10.4 Å². The van der Waals surface area contributed by atoms with Crippen molar-refractivity contribution in [1.82, 2.24) is 0 Å². The fraction of sp³-hybridized carbons (Fsp3) is 0. The Morgan fingerprint density at radius 1 is 1.00 bits per heavy atom. The third kappa shape index (κ3) is 419. The van der Waals surface area contributed by atoms with Gasteiger partial charge in [0.2, 0.25) is 0 Å². The van der Waals surface area contributed by atoms with Crippen molar-refractivity contribution in [2.75, 3.05) is 0 Å². The van der Waals surface area contributed by atoms with E-state index in [0.29, 0.717) is 0 Å². The van der Waals surface area contributed by atoms with Gasteiger partial charge in [-0.1, -0.05) is 0 Å². The van der Waals surface area contributed by atoms with Crippen LogP contribution in [0.25, 0.3) is 0 Å². The predicted octanol–water partition coefficient (Wildman–Crippen LogP) is -2.30. The molecule has 0 bridgehead atoms. The van der Waals surface area contributed by atoms with Gasteiger partial charge in [0, 0.05) is 27.7 Å². The summed E-state index contributed by atoms with van der Waals surface area (Å²) < 4.78 is 31.6. The Bertz CT molecular complexity index is 91.7. The van der Waals surface area contributed by atoms with Gasteiger partial charge in [-0.2, -0.15) is 8.42 Å². The van der Waals surface area contributed by atoms with E-state index in [4.69, 9.17) is 17.5 Å². The van der Waals surface area contributed by atoms with Crippen molar-refractivity contribution in [3.05, 3.63) is 0 Å². The molecule has 0 fully saturated rings. The normalized spacial score (nSPS) is 7.25. The Balaban J connectivity index is -0.0000000267. The second kappa shape index (κ2) is 7.73. The third-order valence-corrected chi connectivity index (χ3v) is 0. The zero-order valence-electron chi connectivity index (χ0n) is 3.83. The van der Waals surface area contributed by atoms with Crippen LogP contribution in [0.2, 0.25) is 0 Å². The van der Waals surface area contributed by atoms with E-state index in [1.165, 1.54) is 0 Å². The molecule has 0 heterocycles. The molecule has 0 aliphatic heterocycles. The Morgan fingerprint density at radius 3 is 1.00 bits per heavy atom. The van der Waals surface area contributed by atoms with E-state index >= 15 is 0 Å². The molecule has 50 valence electrons. The fourth-order valence-corrected chi connectivity index (χ4v) is 0. The Hall–Kier alpha value is 0.725. The van der Waals surface area contributed by atoms with Gasteiger partial charge >= 0.3 is 10.4 Å². The molecule has 0 aromatic rings. The van der Waals surface area contributed by atoms with Gasteiger partial charge in [0.15, 0.2) is 0 Å². The van der Waals surface area contributed by atoms with Gasteiger partial charge in [0.05, 0.1) is 0 Å². The maximum Gasteiger partial charge on any atom is 0.394 e. The first-order valence-corrected chi connectivity index (χ1v) is 2.10. The minimum Gasteiger partial charge on any atom is -0.412 e. The van der Waals surface area contributed by atoms with Crippen LogP contribution in [-0.2, 0) is 38.1 Å². The molecule has 8 heavy (non-hydrogen) atoms. The fourth-order valence-electron chi connectivity index (χ4n) is 0. The van der Waals surface area contributed by atoms with Crippen molar-refractivity contribution in [2.24, 2.45) is 0 Å². The standard InChI is InChI=1S/Hg.H2O4S.2H2O/c;1-5(2,3)4;;/h;(H2,1,2,3,4);2*1H2. The van der Waals surface area contributed by atoms with Crippen LogP contribution in [0.15, 0.2) is 0 Å². The van der Waals surface area contributed by atoms with Crippen LogP contribution in [0.4, 0.5) is 0 Å². The monoisotopic (exact) mass is 336 g/mol. The zero-order valence-corrected chi connectivity index (χ0v) is 10.1. The summed E-state index contributed by atoms with van der Waals surface area (Å²) in [6.45, 7) is 0. The predicted molar refractivity (Wildman–Crippen MR) is 21.4 cm³/mol. The molecule has 0 radical (unpaired) electrons. The first-order valence-electron chi connectivity index (χ1n) is 0.698. The smallest absolute Gasteiger partial charge is 0.394 e. The van der Waals surface area contributed by atoms with Crippen LogP contribution in [-0.4, -0.2) is 28.5 Å². The van der Waals surface area contributed by atoms with Crippen molar-refractivity contribution in [3.8, 4) is 0 Å². The van der Waals surface area contributed by atoms with Crippen molar-refractivity contribution < 1.29 is 56.1 Å². The molecule has 8 heteroatoms. The van der Waals surface area contributed by atoms with Crippen LogP contribution < -0.4 is 0 Å². The molecule has 0 amide bonds. The van der Waals surface area contributed by atoms with Gasteiger partial charge in [0.25, 0.3) is 0 Å². The quantitative estimate of drug-likeness (QED) is 0.380. The van der Waals surface area contributed by atoms with Crippen LogP contribution in [0, 0.1) is 0 Å². The molecule has 0 spiro atoms. The van der Waals surface area contributed by atoms with E-state index in [2.05, 4.69) is 0 Å². The summed E-state index contributed by atoms with van der Waals surface area (Å²) in [5, 5.41) is 0. The Kier molecular flexibility index (Phi) is 22.5. The summed E-state index contributed by atoms with van der Waals surface area (Å²) in [6, 6.07) is 0. The molecule has 0 aromatic carbocycles. The van der Waals surface area contributed by atoms with Gasteiger partial charge in [-0.15, -0.1) is 0 Å². The summed E-state index contributed by atoms with van der Waals surface area (Å²) >= 11 is 0. The van der Waals surface area contributed by atoms with Crippen molar-refractivity contribution >= 4 is 10.4 Å². The summed E-state index contributed by atoms with van der Waals surface area (Å²) in [4.78, 5) is 0. The van der Waals surface area contributed by atoms with E-state index in [9.17, 15) is 0 Å². The first kappa shape index (κ1) is 23.3. The van der Waals surface area contributed by atoms with Crippen LogP contribution >= 0.6 is 0 Å². The molecular weight excluding hydrogens is 329 g/mol. The van der Waals surface area contributed by atoms with Gasteiger partial charge < -0.3 is 11.0 Å². The van der Waals surface area contributed by atoms with Gasteiger partial charge in [0.1, 0.15) is 0 Å². The van der Waals surface area contributed by atoms with E-state index in [-0.39, 0.29) is 38.6 Å². The summed E-state index contributed by atoms with van der Waals surface area (Å²) in [7, 11) is -4.67. The minimum absolute atomic E-state index is 0. The Labute approximate surface area is 66.6 Å².